The van der Waals surface area contributed by atoms with Gasteiger partial charge in [0.05, 0.1) is 0 Å². The molecule has 0 aliphatic carbocycles. The van der Waals surface area contributed by atoms with Crippen LogP contribution in [-0.4, -0.2) is 64.8 Å². The zero-order valence-electron chi connectivity index (χ0n) is 20.9. The molecule has 8 heteroatoms. The SMILES string of the molecule is CC(C)NC1CCN(Cc2ccccc2)CC1Oc1ccc2c(c1)CN(C1CCC(=O)NC1=O)C2=O. The summed E-state index contributed by atoms with van der Waals surface area (Å²) in [6.45, 7) is 7.33. The molecule has 3 atom stereocenters. The van der Waals surface area contributed by atoms with Gasteiger partial charge in [-0.15, -0.1) is 0 Å². The van der Waals surface area contributed by atoms with Crippen LogP contribution in [0.1, 0.15) is 54.6 Å². The number of nitrogens with one attached hydrogen (secondary N) is 2. The lowest BCUT2D eigenvalue weighted by Gasteiger charge is -2.39. The number of fused-ring (bicyclic) bond motifs is 1. The maximum Gasteiger partial charge on any atom is 0.255 e. The second kappa shape index (κ2) is 10.4. The van der Waals surface area contributed by atoms with E-state index in [9.17, 15) is 14.4 Å². The predicted molar refractivity (Wildman–Crippen MR) is 135 cm³/mol. The van der Waals surface area contributed by atoms with E-state index in [-0.39, 0.29) is 30.4 Å². The molecule has 0 saturated carbocycles. The van der Waals surface area contributed by atoms with Gasteiger partial charge in [0.2, 0.25) is 11.8 Å². The standard InChI is InChI=1S/C28H34N4O4/c1-18(2)29-23-12-13-31(15-19-6-4-3-5-7-19)17-25(23)36-21-8-9-22-20(14-21)16-32(28(22)35)24-10-11-26(33)30-27(24)34/h3-9,14,18,23-25,29H,10-13,15-17H2,1-2H3,(H,30,33,34). The Kier molecular flexibility index (Phi) is 7.07. The van der Waals surface area contributed by atoms with E-state index in [1.54, 1.807) is 11.0 Å². The Hall–Kier alpha value is -3.23. The fraction of sp³-hybridized carbons (Fsp3) is 0.464. The Labute approximate surface area is 212 Å². The molecule has 3 aliphatic heterocycles. The average Bonchev–Trinajstić information content (AvgIpc) is 3.16. The van der Waals surface area contributed by atoms with Gasteiger partial charge < -0.3 is 15.0 Å². The lowest BCUT2D eigenvalue weighted by atomic mass is 9.99. The molecule has 0 aromatic heterocycles. The lowest BCUT2D eigenvalue weighted by Crippen LogP contribution is -2.56. The van der Waals surface area contributed by atoms with Crippen LogP contribution in [0.2, 0.25) is 0 Å². The molecule has 5 rings (SSSR count). The minimum Gasteiger partial charge on any atom is -0.487 e. The third-order valence-electron chi connectivity index (χ3n) is 7.22. The van der Waals surface area contributed by atoms with E-state index in [4.69, 9.17) is 4.74 Å². The lowest BCUT2D eigenvalue weighted by molar-refractivity contribution is -0.136. The van der Waals surface area contributed by atoms with E-state index < -0.39 is 11.9 Å². The third-order valence-corrected chi connectivity index (χ3v) is 7.22. The van der Waals surface area contributed by atoms with E-state index in [2.05, 4.69) is 53.6 Å². The number of hydrogen-bond acceptors (Lipinski definition) is 6. The van der Waals surface area contributed by atoms with Crippen LogP contribution in [0.5, 0.6) is 5.75 Å². The fourth-order valence-electron chi connectivity index (χ4n) is 5.50. The van der Waals surface area contributed by atoms with Gasteiger partial charge in [0, 0.05) is 50.2 Å². The molecular weight excluding hydrogens is 456 g/mol. The predicted octanol–water partition coefficient (Wildman–Crippen LogP) is 2.47. The van der Waals surface area contributed by atoms with Crippen LogP contribution >= 0.6 is 0 Å². The van der Waals surface area contributed by atoms with Crippen LogP contribution in [0, 0.1) is 0 Å². The third kappa shape index (κ3) is 5.29. The summed E-state index contributed by atoms with van der Waals surface area (Å²) in [5.74, 6) is -0.118. The van der Waals surface area contributed by atoms with Gasteiger partial charge in [0.25, 0.3) is 5.91 Å². The Bertz CT molecular complexity index is 1140. The summed E-state index contributed by atoms with van der Waals surface area (Å²) in [4.78, 5) is 40.9. The van der Waals surface area contributed by atoms with E-state index >= 15 is 0 Å². The van der Waals surface area contributed by atoms with Gasteiger partial charge in [0.1, 0.15) is 17.9 Å². The molecule has 36 heavy (non-hydrogen) atoms. The van der Waals surface area contributed by atoms with Crippen LogP contribution in [0.4, 0.5) is 0 Å². The topological polar surface area (TPSA) is 91.0 Å². The van der Waals surface area contributed by atoms with Crippen LogP contribution in [0.3, 0.4) is 0 Å². The van der Waals surface area contributed by atoms with E-state index in [0.717, 1.165) is 37.4 Å². The number of nitrogens with zero attached hydrogens (tertiary/aromatic N) is 2. The van der Waals surface area contributed by atoms with Gasteiger partial charge in [-0.05, 0) is 42.2 Å². The summed E-state index contributed by atoms with van der Waals surface area (Å²) in [6, 6.07) is 16.0. The number of ether oxygens (including phenoxy) is 1. The van der Waals surface area contributed by atoms with Crippen molar-refractivity contribution in [1.82, 2.24) is 20.4 Å². The zero-order chi connectivity index (χ0) is 25.2. The molecule has 3 aliphatic rings. The van der Waals surface area contributed by atoms with E-state index in [1.807, 2.05) is 18.2 Å². The smallest absolute Gasteiger partial charge is 0.255 e. The Morgan fingerprint density at radius 3 is 2.64 bits per heavy atom. The summed E-state index contributed by atoms with van der Waals surface area (Å²) in [5.41, 5.74) is 2.74. The molecule has 2 aromatic rings. The summed E-state index contributed by atoms with van der Waals surface area (Å²) >= 11 is 0. The molecule has 190 valence electrons. The van der Waals surface area contributed by atoms with Crippen molar-refractivity contribution < 1.29 is 19.1 Å². The Balaban J connectivity index is 1.29. The number of hydrogen-bond donors (Lipinski definition) is 2. The van der Waals surface area contributed by atoms with Gasteiger partial charge in [-0.1, -0.05) is 44.2 Å². The minimum atomic E-state index is -0.614. The van der Waals surface area contributed by atoms with Crippen molar-refractivity contribution in [1.29, 1.82) is 0 Å². The Morgan fingerprint density at radius 2 is 1.89 bits per heavy atom. The van der Waals surface area contributed by atoms with Crippen LogP contribution in [0.15, 0.2) is 48.5 Å². The fourth-order valence-corrected chi connectivity index (χ4v) is 5.50. The largest absolute Gasteiger partial charge is 0.487 e. The van der Waals surface area contributed by atoms with Gasteiger partial charge in [0.15, 0.2) is 0 Å². The van der Waals surface area contributed by atoms with Crippen molar-refractivity contribution >= 4 is 17.7 Å². The quantitative estimate of drug-likeness (QED) is 0.580. The molecule has 0 bridgehead atoms. The minimum absolute atomic E-state index is 0.0359. The van der Waals surface area contributed by atoms with Crippen LogP contribution in [-0.2, 0) is 22.7 Å². The number of benzene rings is 2. The molecule has 3 heterocycles. The first-order valence-electron chi connectivity index (χ1n) is 12.8. The van der Waals surface area contributed by atoms with E-state index in [0.29, 0.717) is 24.6 Å². The number of amides is 3. The number of carbonyl (C=O) groups is 3. The molecule has 0 spiro atoms. The van der Waals surface area contributed by atoms with Crippen molar-refractivity contribution in [2.75, 3.05) is 13.1 Å². The first kappa shape index (κ1) is 24.5. The summed E-state index contributed by atoms with van der Waals surface area (Å²) in [6.07, 6.45) is 1.56. The van der Waals surface area contributed by atoms with Crippen molar-refractivity contribution in [3.8, 4) is 5.75 Å². The Morgan fingerprint density at radius 1 is 1.08 bits per heavy atom. The highest BCUT2D eigenvalue weighted by Crippen LogP contribution is 2.31. The monoisotopic (exact) mass is 490 g/mol. The number of piperidine rings is 2. The second-order valence-corrected chi connectivity index (χ2v) is 10.3. The molecule has 2 saturated heterocycles. The number of likely N-dealkylation sites (tertiary alicyclic amines) is 1. The van der Waals surface area contributed by atoms with Crippen LogP contribution in [0.25, 0.3) is 0 Å². The number of imide groups is 1. The van der Waals surface area contributed by atoms with Crippen molar-refractivity contribution in [2.45, 2.75) is 70.4 Å². The van der Waals surface area contributed by atoms with Gasteiger partial charge >= 0.3 is 0 Å². The normalized spacial score (nSPS) is 24.7. The maximum atomic E-state index is 13.0. The zero-order valence-corrected chi connectivity index (χ0v) is 20.9. The highest BCUT2D eigenvalue weighted by molar-refractivity contribution is 6.05. The summed E-state index contributed by atoms with van der Waals surface area (Å²) in [7, 11) is 0. The second-order valence-electron chi connectivity index (χ2n) is 10.3. The highest BCUT2D eigenvalue weighted by atomic mass is 16.5. The summed E-state index contributed by atoms with van der Waals surface area (Å²) in [5, 5.41) is 6.02. The van der Waals surface area contributed by atoms with Crippen LogP contribution < -0.4 is 15.4 Å². The first-order valence-corrected chi connectivity index (χ1v) is 12.8. The average molecular weight is 491 g/mol. The molecule has 8 nitrogen and oxygen atoms in total. The van der Waals surface area contributed by atoms with Gasteiger partial charge in [-0.2, -0.15) is 0 Å². The molecule has 2 fully saturated rings. The van der Waals surface area contributed by atoms with Crippen molar-refractivity contribution in [3.63, 3.8) is 0 Å². The molecule has 2 N–H and O–H groups in total. The van der Waals surface area contributed by atoms with E-state index in [1.165, 1.54) is 5.56 Å². The maximum absolute atomic E-state index is 13.0. The molecule has 3 unspecified atom stereocenters. The number of carbonyl (C=O) groups excluding carboxylic acids is 3. The summed E-state index contributed by atoms with van der Waals surface area (Å²) < 4.78 is 6.56. The molecule has 3 amide bonds. The first-order chi connectivity index (χ1) is 17.4. The molecule has 0 radical (unpaired) electrons. The van der Waals surface area contributed by atoms with Gasteiger partial charge in [-0.25, -0.2) is 0 Å². The van der Waals surface area contributed by atoms with Crippen molar-refractivity contribution in [3.05, 3.63) is 65.2 Å². The van der Waals surface area contributed by atoms with Gasteiger partial charge in [-0.3, -0.25) is 24.6 Å². The molecule has 2 aromatic carbocycles. The van der Waals surface area contributed by atoms with Crippen molar-refractivity contribution in [2.24, 2.45) is 0 Å². The molecular formula is C28H34N4O4. The highest BCUT2D eigenvalue weighted by Gasteiger charge is 2.39. The number of rotatable bonds is 7.